The van der Waals surface area contributed by atoms with Gasteiger partial charge in [0.25, 0.3) is 29.1 Å². The van der Waals surface area contributed by atoms with Gasteiger partial charge in [0.05, 0.1) is 65.9 Å². The Balaban J connectivity index is 1.41. The van der Waals surface area contributed by atoms with E-state index in [2.05, 4.69) is 0 Å². The van der Waals surface area contributed by atoms with Crippen LogP contribution in [-0.2, 0) is 30.3 Å². The van der Waals surface area contributed by atoms with Crippen LogP contribution in [0.5, 0.6) is 0 Å². The number of amides is 4. The van der Waals surface area contributed by atoms with Crippen molar-refractivity contribution in [2.24, 2.45) is 0 Å². The number of benzene rings is 4. The molecule has 3 aliphatic heterocycles. The van der Waals surface area contributed by atoms with Gasteiger partial charge in [-0.2, -0.15) is 0 Å². The average Bonchev–Trinajstić information content (AvgIpc) is 3.47. The van der Waals surface area contributed by atoms with E-state index in [0.717, 1.165) is 19.1 Å². The van der Waals surface area contributed by atoms with E-state index in [1.807, 2.05) is 0 Å². The van der Waals surface area contributed by atoms with E-state index in [9.17, 15) is 39.4 Å². The van der Waals surface area contributed by atoms with Crippen molar-refractivity contribution in [2.45, 2.75) is 50.4 Å². The number of hydrogen-bond donors (Lipinski definition) is 0. The summed E-state index contributed by atoms with van der Waals surface area (Å²) in [5.41, 5.74) is -1.97. The zero-order valence-electron chi connectivity index (χ0n) is 29.1. The van der Waals surface area contributed by atoms with Crippen LogP contribution in [-0.4, -0.2) is 80.5 Å². The fourth-order valence-electron chi connectivity index (χ4n) is 6.95. The van der Waals surface area contributed by atoms with Gasteiger partial charge in [-0.3, -0.25) is 44.3 Å². The van der Waals surface area contributed by atoms with E-state index in [4.69, 9.17) is 65.4 Å². The molecule has 6 atom stereocenters. The lowest BCUT2D eigenvalue weighted by atomic mass is 9.92. The minimum Gasteiger partial charge on any atom is -0.368 e. The van der Waals surface area contributed by atoms with Crippen molar-refractivity contribution >= 4 is 81.4 Å². The number of nitro benzene ring substituents is 2. The third-order valence-corrected chi connectivity index (χ3v) is 11.3. The van der Waals surface area contributed by atoms with Crippen molar-refractivity contribution in [3.05, 3.63) is 147 Å². The van der Waals surface area contributed by atoms with E-state index in [1.165, 1.54) is 0 Å². The molecule has 3 aliphatic rings. The molecular weight excluding hydrogens is 834 g/mol. The second-order valence-electron chi connectivity index (χ2n) is 12.9. The van der Waals surface area contributed by atoms with Gasteiger partial charge >= 0.3 is 0 Å². The number of non-ortho nitro benzene ring substituents is 2. The first kappa shape index (κ1) is 40.2. The normalized spacial score (nSPS) is 22.8. The second kappa shape index (κ2) is 16.1. The Morgan fingerprint density at radius 2 is 1.37 bits per heavy atom. The van der Waals surface area contributed by atoms with Gasteiger partial charge in [0.15, 0.2) is 12.5 Å². The Labute approximate surface area is 341 Å². The fourth-order valence-corrected chi connectivity index (χ4v) is 7.96. The van der Waals surface area contributed by atoms with E-state index < -0.39 is 108 Å². The van der Waals surface area contributed by atoms with Gasteiger partial charge in [-0.05, 0) is 5.56 Å². The maximum atomic E-state index is 14.6. The molecule has 294 valence electrons. The number of carbonyl (C=O) groups is 4. The van der Waals surface area contributed by atoms with Gasteiger partial charge in [0, 0.05) is 24.6 Å². The Morgan fingerprint density at radius 3 is 1.89 bits per heavy atom. The third-order valence-electron chi connectivity index (χ3n) is 9.50. The molecule has 0 aliphatic carbocycles. The molecule has 7 rings (SSSR count). The largest absolute Gasteiger partial charge is 0.368 e. The molecule has 2 fully saturated rings. The highest BCUT2D eigenvalue weighted by molar-refractivity contribution is 6.55. The van der Waals surface area contributed by atoms with E-state index in [-0.39, 0.29) is 23.3 Å². The van der Waals surface area contributed by atoms with Crippen molar-refractivity contribution in [2.75, 3.05) is 6.61 Å². The first-order chi connectivity index (χ1) is 27.2. The lowest BCUT2D eigenvalue weighted by Gasteiger charge is -2.52. The summed E-state index contributed by atoms with van der Waals surface area (Å²) in [7, 11) is 0. The van der Waals surface area contributed by atoms with Crippen molar-refractivity contribution in [1.82, 2.24) is 9.80 Å². The summed E-state index contributed by atoms with van der Waals surface area (Å²) < 4.78 is 25.5. The molecule has 0 spiro atoms. The summed E-state index contributed by atoms with van der Waals surface area (Å²) in [6, 6.07) is 17.8. The Bertz CT molecular complexity index is 2260. The highest BCUT2D eigenvalue weighted by atomic mass is 35.5. The van der Waals surface area contributed by atoms with Crippen LogP contribution in [0, 0.1) is 20.2 Å². The SMILES string of the molecule is CC(=O)N(C(=O)c1cc([N+](=O)[O-])cc([N+](=O)[O-])c1)[C@@H]1O[C@@H]2CO[C@@H](c3ccccc3)O[C@H]2[C@H](OCc2ccccc2)[C@H]1N1C(=O)c2c(Cl)c(Cl)c(Cl)c(Cl)c2C1=O. The lowest BCUT2D eigenvalue weighted by molar-refractivity contribution is -0.394. The molecule has 0 radical (unpaired) electrons. The van der Waals surface area contributed by atoms with Crippen molar-refractivity contribution in [3.8, 4) is 0 Å². The number of imide groups is 2. The van der Waals surface area contributed by atoms with Gasteiger partial charge < -0.3 is 18.9 Å². The molecule has 0 saturated carbocycles. The first-order valence-corrected chi connectivity index (χ1v) is 18.4. The summed E-state index contributed by atoms with van der Waals surface area (Å²) in [6.07, 6.45) is -6.76. The monoisotopic (exact) mass is 858 g/mol. The van der Waals surface area contributed by atoms with Gasteiger partial charge in [-0.1, -0.05) is 107 Å². The van der Waals surface area contributed by atoms with Crippen molar-refractivity contribution in [1.29, 1.82) is 0 Å². The zero-order valence-corrected chi connectivity index (χ0v) is 32.1. The van der Waals surface area contributed by atoms with Crippen LogP contribution >= 0.6 is 46.4 Å². The molecule has 4 aromatic carbocycles. The molecule has 4 aromatic rings. The predicted molar refractivity (Wildman–Crippen MR) is 201 cm³/mol. The number of halogens is 4. The molecule has 0 unspecified atom stereocenters. The lowest BCUT2D eigenvalue weighted by Crippen LogP contribution is -2.72. The predicted octanol–water partition coefficient (Wildman–Crippen LogP) is 7.19. The minimum absolute atomic E-state index is 0.161. The van der Waals surface area contributed by atoms with Crippen LogP contribution in [0.3, 0.4) is 0 Å². The molecule has 2 saturated heterocycles. The van der Waals surface area contributed by atoms with Crippen LogP contribution in [0.4, 0.5) is 11.4 Å². The Hall–Kier alpha value is -5.04. The quantitative estimate of drug-likeness (QED) is 0.0540. The van der Waals surface area contributed by atoms with Crippen molar-refractivity contribution < 1.29 is 48.0 Å². The Kier molecular flexibility index (Phi) is 11.3. The van der Waals surface area contributed by atoms with E-state index in [0.29, 0.717) is 27.0 Å². The number of nitro groups is 2. The number of hydrogen-bond acceptors (Lipinski definition) is 12. The van der Waals surface area contributed by atoms with Crippen LogP contribution in [0.1, 0.15) is 55.4 Å². The summed E-state index contributed by atoms with van der Waals surface area (Å²) in [4.78, 5) is 80.1. The standard InChI is InChI=1S/C37H26Cl4N4O12/c1-17(46)42(33(47)20-12-21(44(50)51)14-22(13-20)45(52)53)36-30(43-34(48)24-25(35(43)49)27(39)29(41)28(40)26(24)38)32(54-15-18-8-4-2-5-9-18)31-23(56-36)16-55-37(57-31)19-10-6-3-7-11-19/h2-14,23,30-32,36-37H,15-16H2,1H3/t23-,30-,31-,32-,36-,37-/m1/s1. The second-order valence-corrected chi connectivity index (χ2v) is 14.4. The first-order valence-electron chi connectivity index (χ1n) is 16.8. The van der Waals surface area contributed by atoms with Crippen molar-refractivity contribution in [3.63, 3.8) is 0 Å². The minimum atomic E-state index is -1.96. The van der Waals surface area contributed by atoms with E-state index in [1.54, 1.807) is 60.7 Å². The zero-order chi connectivity index (χ0) is 40.9. The molecule has 0 N–H and O–H groups in total. The molecule has 16 nitrogen and oxygen atoms in total. The highest BCUT2D eigenvalue weighted by Gasteiger charge is 2.60. The molecule has 57 heavy (non-hydrogen) atoms. The fraction of sp³-hybridized carbons (Fsp3) is 0.243. The summed E-state index contributed by atoms with van der Waals surface area (Å²) in [5, 5.41) is 22.1. The van der Waals surface area contributed by atoms with Crippen LogP contribution in [0.2, 0.25) is 20.1 Å². The molecular formula is C37H26Cl4N4O12. The van der Waals surface area contributed by atoms with Gasteiger partial charge in [0.2, 0.25) is 5.91 Å². The summed E-state index contributed by atoms with van der Waals surface area (Å²) in [6.45, 7) is 0.558. The highest BCUT2D eigenvalue weighted by Crippen LogP contribution is 2.47. The molecule has 0 aromatic heterocycles. The molecule has 3 heterocycles. The van der Waals surface area contributed by atoms with E-state index >= 15 is 0 Å². The number of ether oxygens (including phenoxy) is 4. The smallest absolute Gasteiger partial charge is 0.277 e. The molecule has 0 bridgehead atoms. The van der Waals surface area contributed by atoms with Gasteiger partial charge in [0.1, 0.15) is 24.4 Å². The number of carbonyl (C=O) groups excluding carboxylic acids is 4. The van der Waals surface area contributed by atoms with Crippen LogP contribution in [0.15, 0.2) is 78.9 Å². The maximum absolute atomic E-state index is 14.6. The number of fused-ring (bicyclic) bond motifs is 2. The summed E-state index contributed by atoms with van der Waals surface area (Å²) >= 11 is 25.7. The van der Waals surface area contributed by atoms with Crippen LogP contribution in [0.25, 0.3) is 0 Å². The molecule has 4 amide bonds. The average molecular weight is 860 g/mol. The third kappa shape index (κ3) is 7.35. The summed E-state index contributed by atoms with van der Waals surface area (Å²) in [5.74, 6) is -4.54. The van der Waals surface area contributed by atoms with Gasteiger partial charge in [-0.25, -0.2) is 4.90 Å². The topological polar surface area (TPSA) is 198 Å². The van der Waals surface area contributed by atoms with Crippen LogP contribution < -0.4 is 0 Å². The number of nitrogens with zero attached hydrogens (tertiary/aromatic N) is 4. The number of rotatable bonds is 9. The maximum Gasteiger partial charge on any atom is 0.277 e. The molecule has 20 heteroatoms. The Morgan fingerprint density at radius 1 is 0.825 bits per heavy atom. The van der Waals surface area contributed by atoms with Gasteiger partial charge in [-0.15, -0.1) is 0 Å².